The highest BCUT2D eigenvalue weighted by atomic mass is 28.4. The quantitative estimate of drug-likeness (QED) is 0.617. The van der Waals surface area contributed by atoms with Gasteiger partial charge in [0.1, 0.15) is 0 Å². The zero-order valence-corrected chi connectivity index (χ0v) is 13.1. The lowest BCUT2D eigenvalue weighted by Gasteiger charge is -2.19. The smallest absolute Gasteiger partial charge is 0.330 e. The molecule has 0 unspecified atom stereocenters. The van der Waals surface area contributed by atoms with Crippen LogP contribution in [-0.4, -0.2) is 28.4 Å². The van der Waals surface area contributed by atoms with Crippen molar-refractivity contribution in [3.8, 4) is 0 Å². The van der Waals surface area contributed by atoms with Crippen LogP contribution in [0.15, 0.2) is 11.6 Å². The van der Waals surface area contributed by atoms with Gasteiger partial charge < -0.3 is 9.22 Å². The molecule has 0 aromatic rings. The highest BCUT2D eigenvalue weighted by Gasteiger charge is 2.14. The van der Waals surface area contributed by atoms with Crippen molar-refractivity contribution in [2.75, 3.05) is 0 Å². The fraction of sp³-hybridized carbons (Fsp3) is 0.700. The number of carbonyl (C=O) groups is 1. The number of hydrogen-bond donors (Lipinski definition) is 1. The lowest BCUT2D eigenvalue weighted by Crippen LogP contribution is -2.31. The molecular weight excluding hydrogens is 224 g/mol. The summed E-state index contributed by atoms with van der Waals surface area (Å²) in [5.41, 5.74) is 0.389. The molecule has 3 nitrogen and oxygen atoms in total. The number of aliphatic carboxylic acids is 1. The molecule has 90 valence electrons. The first-order chi connectivity index (χ1) is 6.60. The molecule has 5 heteroatoms. The third-order valence-electron chi connectivity index (χ3n) is 1.36. The number of allylic oxidation sites excluding steroid dienone is 1. The molecular formula is C10H24O3Si2. The van der Waals surface area contributed by atoms with E-state index in [-0.39, 0.29) is 0 Å². The molecule has 0 atom stereocenters. The second-order valence-corrected chi connectivity index (χ2v) is 11.8. The van der Waals surface area contributed by atoms with Crippen molar-refractivity contribution in [2.24, 2.45) is 0 Å². The third kappa shape index (κ3) is 16.3. The van der Waals surface area contributed by atoms with E-state index in [1.165, 1.54) is 0 Å². The van der Waals surface area contributed by atoms with Crippen LogP contribution in [0.25, 0.3) is 0 Å². The maximum Gasteiger partial charge on any atom is 0.330 e. The van der Waals surface area contributed by atoms with E-state index in [1.54, 1.807) is 19.9 Å². The topological polar surface area (TPSA) is 46.5 Å². The van der Waals surface area contributed by atoms with Gasteiger partial charge in [0, 0.05) is 5.57 Å². The number of hydrogen-bond acceptors (Lipinski definition) is 2. The minimum atomic E-state index is -1.16. The van der Waals surface area contributed by atoms with Crippen molar-refractivity contribution >= 4 is 23.3 Å². The summed E-state index contributed by atoms with van der Waals surface area (Å²) >= 11 is 0. The molecule has 0 rings (SSSR count). The van der Waals surface area contributed by atoms with Crippen LogP contribution in [0.3, 0.4) is 0 Å². The Morgan fingerprint density at radius 1 is 1.33 bits per heavy atom. The van der Waals surface area contributed by atoms with Crippen LogP contribution in [0.5, 0.6) is 0 Å². The van der Waals surface area contributed by atoms with Gasteiger partial charge >= 0.3 is 5.97 Å². The molecule has 0 aliphatic carbocycles. The lowest BCUT2D eigenvalue weighted by molar-refractivity contribution is -0.132. The van der Waals surface area contributed by atoms with Crippen LogP contribution in [0.1, 0.15) is 13.8 Å². The summed E-state index contributed by atoms with van der Waals surface area (Å²) < 4.78 is 5.72. The van der Waals surface area contributed by atoms with Gasteiger partial charge in [0.2, 0.25) is 0 Å². The van der Waals surface area contributed by atoms with Gasteiger partial charge in [0.05, 0.1) is 0 Å². The minimum Gasteiger partial charge on any atom is -0.478 e. The summed E-state index contributed by atoms with van der Waals surface area (Å²) in [6.45, 7) is 14.4. The van der Waals surface area contributed by atoms with Crippen LogP contribution < -0.4 is 0 Å². The van der Waals surface area contributed by atoms with Gasteiger partial charge in [-0.3, -0.25) is 0 Å². The summed E-state index contributed by atoms with van der Waals surface area (Å²) in [5.74, 6) is -0.845. The van der Waals surface area contributed by atoms with Crippen molar-refractivity contribution in [3.05, 3.63) is 11.6 Å². The summed E-state index contributed by atoms with van der Waals surface area (Å²) in [5, 5.41) is 8.11. The van der Waals surface area contributed by atoms with E-state index in [0.717, 1.165) is 0 Å². The first-order valence-corrected chi connectivity index (χ1v) is 11.3. The van der Waals surface area contributed by atoms with Crippen molar-refractivity contribution in [3.63, 3.8) is 0 Å². The predicted molar refractivity (Wildman–Crippen MR) is 70.4 cm³/mol. The van der Waals surface area contributed by atoms with Crippen molar-refractivity contribution in [1.29, 1.82) is 0 Å². The van der Waals surface area contributed by atoms with E-state index in [2.05, 4.69) is 32.7 Å². The molecule has 0 heterocycles. The molecule has 0 aliphatic heterocycles. The van der Waals surface area contributed by atoms with Crippen LogP contribution in [0, 0.1) is 0 Å². The Bertz CT molecular complexity index is 217. The van der Waals surface area contributed by atoms with Gasteiger partial charge in [-0.05, 0) is 46.6 Å². The zero-order valence-electron chi connectivity index (χ0n) is 10.9. The third-order valence-corrected chi connectivity index (χ3v) is 6.07. The molecule has 0 aliphatic rings. The van der Waals surface area contributed by atoms with Crippen molar-refractivity contribution in [2.45, 2.75) is 46.6 Å². The summed E-state index contributed by atoms with van der Waals surface area (Å²) in [4.78, 5) is 9.86. The Hall–Kier alpha value is -0.396. The number of carboxylic acid groups (broad SMARTS) is 1. The van der Waals surface area contributed by atoms with Crippen molar-refractivity contribution in [1.82, 2.24) is 0 Å². The summed E-state index contributed by atoms with van der Waals surface area (Å²) in [7, 11) is -1.89. The standard InChI is InChI=1S/C5H8O2.C5H16OSi2/c1-3-4(2)5(6)7;1-7(2)6-8(3,4)5/h3H,1-2H3,(H,6,7);7H,1-5H3/b4-3+;. The van der Waals surface area contributed by atoms with Gasteiger partial charge in [0.15, 0.2) is 17.4 Å². The Morgan fingerprint density at radius 2 is 1.73 bits per heavy atom. The highest BCUT2D eigenvalue weighted by Crippen LogP contribution is 2.03. The maximum atomic E-state index is 9.86. The first-order valence-electron chi connectivity index (χ1n) is 5.14. The molecule has 0 bridgehead atoms. The van der Waals surface area contributed by atoms with Crippen molar-refractivity contribution < 1.29 is 14.0 Å². The molecule has 0 aromatic heterocycles. The molecule has 1 N–H and O–H groups in total. The Labute approximate surface area is 96.0 Å². The van der Waals surface area contributed by atoms with Crippen LogP contribution in [0.2, 0.25) is 32.7 Å². The Kier molecular flexibility index (Phi) is 8.89. The molecule has 0 spiro atoms. The average molecular weight is 248 g/mol. The maximum absolute atomic E-state index is 9.86. The van der Waals surface area contributed by atoms with E-state index in [4.69, 9.17) is 9.22 Å². The normalized spacial score (nSPS) is 12.1. The summed E-state index contributed by atoms with van der Waals surface area (Å²) in [6, 6.07) is 0. The second kappa shape index (κ2) is 7.84. The Balaban J connectivity index is 0. The molecule has 0 saturated heterocycles. The SMILES string of the molecule is C/C=C(\C)C(=O)O.C[SiH](C)O[Si](C)(C)C. The summed E-state index contributed by atoms with van der Waals surface area (Å²) in [6.07, 6.45) is 1.56. The number of rotatable bonds is 3. The second-order valence-electron chi connectivity index (χ2n) is 4.56. The molecule has 0 fully saturated rings. The fourth-order valence-corrected chi connectivity index (χ4v) is 6.49. The van der Waals surface area contributed by atoms with E-state index < -0.39 is 23.3 Å². The predicted octanol–water partition coefficient (Wildman–Crippen LogP) is 2.86. The van der Waals surface area contributed by atoms with E-state index in [1.807, 2.05) is 0 Å². The molecule has 0 radical (unpaired) electrons. The highest BCUT2D eigenvalue weighted by molar-refractivity contribution is 6.76. The zero-order chi connectivity index (χ0) is 12.6. The van der Waals surface area contributed by atoms with Gasteiger partial charge in [-0.25, -0.2) is 4.79 Å². The first kappa shape index (κ1) is 17.0. The lowest BCUT2D eigenvalue weighted by atomic mass is 10.3. The van der Waals surface area contributed by atoms with Gasteiger partial charge in [0.25, 0.3) is 0 Å². The van der Waals surface area contributed by atoms with Crippen LogP contribution in [-0.2, 0) is 8.91 Å². The molecule has 0 amide bonds. The number of carboxylic acids is 1. The van der Waals surface area contributed by atoms with E-state index >= 15 is 0 Å². The van der Waals surface area contributed by atoms with E-state index in [0.29, 0.717) is 5.57 Å². The monoisotopic (exact) mass is 248 g/mol. The van der Waals surface area contributed by atoms with Gasteiger partial charge in [-0.2, -0.15) is 0 Å². The van der Waals surface area contributed by atoms with Crippen LogP contribution in [0.4, 0.5) is 0 Å². The van der Waals surface area contributed by atoms with Crippen LogP contribution >= 0.6 is 0 Å². The van der Waals surface area contributed by atoms with Gasteiger partial charge in [-0.1, -0.05) is 6.08 Å². The Morgan fingerprint density at radius 3 is 1.73 bits per heavy atom. The molecule has 15 heavy (non-hydrogen) atoms. The average Bonchev–Trinajstić information content (AvgIpc) is 1.99. The molecule has 0 aromatic carbocycles. The minimum absolute atomic E-state index is 0.389. The van der Waals surface area contributed by atoms with E-state index in [9.17, 15) is 4.79 Å². The van der Waals surface area contributed by atoms with Gasteiger partial charge in [-0.15, -0.1) is 0 Å². The largest absolute Gasteiger partial charge is 0.478 e. The fourth-order valence-electron chi connectivity index (χ4n) is 0.831. The molecule has 0 saturated carbocycles.